The number of aromatic nitrogens is 4. The van der Waals surface area contributed by atoms with Crippen molar-refractivity contribution in [2.24, 2.45) is 0 Å². The summed E-state index contributed by atoms with van der Waals surface area (Å²) in [5.74, 6) is 0.688. The lowest BCUT2D eigenvalue weighted by molar-refractivity contribution is 0.669. The minimum atomic E-state index is 0.688. The summed E-state index contributed by atoms with van der Waals surface area (Å²) < 4.78 is 11.5. The molecule has 0 amide bonds. The second kappa shape index (κ2) is 12.4. The lowest BCUT2D eigenvalue weighted by Crippen LogP contribution is -1.98. The maximum Gasteiger partial charge on any atom is 0.160 e. The van der Waals surface area contributed by atoms with Crippen LogP contribution in [-0.2, 0) is 0 Å². The van der Waals surface area contributed by atoms with Crippen LogP contribution in [-0.4, -0.2) is 19.1 Å². The summed E-state index contributed by atoms with van der Waals surface area (Å²) in [6.45, 7) is 0. The fraction of sp³-hybridized carbons (Fsp3) is 0. The van der Waals surface area contributed by atoms with E-state index in [1.54, 1.807) is 0 Å². The van der Waals surface area contributed by atoms with Crippen LogP contribution in [0.4, 0.5) is 0 Å². The second-order valence-electron chi connectivity index (χ2n) is 14.6. The fourth-order valence-electron chi connectivity index (χ4n) is 8.75. The molecule has 0 bridgehead atoms. The van der Waals surface area contributed by atoms with Gasteiger partial charge in [-0.3, -0.25) is 0 Å². The van der Waals surface area contributed by atoms with Gasteiger partial charge in [-0.1, -0.05) is 133 Å². The van der Waals surface area contributed by atoms with Crippen LogP contribution in [0.25, 0.3) is 111 Å². The van der Waals surface area contributed by atoms with Crippen LogP contribution >= 0.6 is 0 Å². The van der Waals surface area contributed by atoms with E-state index in [9.17, 15) is 0 Å². The molecule has 0 saturated carbocycles. The molecule has 12 rings (SSSR count). The highest BCUT2D eigenvalue weighted by Gasteiger charge is 2.22. The first-order chi connectivity index (χ1) is 28.3. The molecule has 0 aliphatic heterocycles. The van der Waals surface area contributed by atoms with E-state index in [0.717, 1.165) is 66.9 Å². The highest BCUT2D eigenvalue weighted by atomic mass is 16.3. The van der Waals surface area contributed by atoms with Gasteiger partial charge in [0.1, 0.15) is 11.2 Å². The predicted octanol–water partition coefficient (Wildman–Crippen LogP) is 13.6. The summed E-state index contributed by atoms with van der Waals surface area (Å²) in [6, 6.07) is 68.3. The SMILES string of the molecule is c1ccc(-c2cc(-c3ccc4c(c3)oc3ccc(-n5c6ccccc6c6ccc7c8ccccc8n(-c8ccccc8)c7c65)cc34)nc(-c3ccccc3)n2)cc1. The molecule has 0 radical (unpaired) electrons. The average molecular weight is 729 g/mol. The molecule has 0 fully saturated rings. The van der Waals surface area contributed by atoms with Gasteiger partial charge in [-0.05, 0) is 60.7 Å². The van der Waals surface area contributed by atoms with Crippen LogP contribution in [0, 0.1) is 0 Å². The van der Waals surface area contributed by atoms with Crippen molar-refractivity contribution in [1.29, 1.82) is 0 Å². The zero-order valence-corrected chi connectivity index (χ0v) is 30.7. The van der Waals surface area contributed by atoms with Crippen molar-refractivity contribution in [2.45, 2.75) is 0 Å². The summed E-state index contributed by atoms with van der Waals surface area (Å²) in [7, 11) is 0. The normalized spacial score (nSPS) is 11.9. The summed E-state index contributed by atoms with van der Waals surface area (Å²) in [5.41, 5.74) is 13.3. The van der Waals surface area contributed by atoms with Gasteiger partial charge in [0.25, 0.3) is 0 Å². The first-order valence-electron chi connectivity index (χ1n) is 19.2. The molecular formula is C52H32N4O. The number of hydrogen-bond acceptors (Lipinski definition) is 3. The molecular weight excluding hydrogens is 697 g/mol. The first-order valence-corrected chi connectivity index (χ1v) is 19.2. The first kappa shape index (κ1) is 31.6. The van der Waals surface area contributed by atoms with Gasteiger partial charge in [0.15, 0.2) is 5.82 Å². The molecule has 5 heteroatoms. The number of hydrogen-bond donors (Lipinski definition) is 0. The Morgan fingerprint density at radius 2 is 0.877 bits per heavy atom. The van der Waals surface area contributed by atoms with Crippen LogP contribution < -0.4 is 0 Å². The number of nitrogens with zero attached hydrogens (tertiary/aromatic N) is 4. The molecule has 0 unspecified atom stereocenters. The Kier molecular flexibility index (Phi) is 6.86. The molecule has 4 heterocycles. The molecule has 0 N–H and O–H groups in total. The molecule has 0 atom stereocenters. The smallest absolute Gasteiger partial charge is 0.160 e. The predicted molar refractivity (Wildman–Crippen MR) is 234 cm³/mol. The number of rotatable bonds is 5. The van der Waals surface area contributed by atoms with Crippen LogP contribution in [0.2, 0.25) is 0 Å². The summed E-state index contributed by atoms with van der Waals surface area (Å²) in [4.78, 5) is 10.1. The van der Waals surface area contributed by atoms with Gasteiger partial charge >= 0.3 is 0 Å². The van der Waals surface area contributed by atoms with Crippen LogP contribution in [0.1, 0.15) is 0 Å². The minimum Gasteiger partial charge on any atom is -0.456 e. The van der Waals surface area contributed by atoms with Crippen molar-refractivity contribution in [2.75, 3.05) is 0 Å². The standard InChI is InChI=1S/C52H32N4O/c1-4-14-33(15-5-1)44-32-45(54-52(53-44)34-16-6-2-7-17-34)35-24-26-40-43-31-37(25-29-48(43)57-49(40)30-35)56-47-23-13-11-21-39(47)42-28-27-41-38-20-10-12-22-46(38)55(50(41)51(42)56)36-18-8-3-9-19-36/h1-32H. The van der Waals surface area contributed by atoms with Gasteiger partial charge in [0.2, 0.25) is 0 Å². The van der Waals surface area contributed by atoms with E-state index in [4.69, 9.17) is 14.4 Å². The van der Waals surface area contributed by atoms with Crippen molar-refractivity contribution < 1.29 is 4.42 Å². The summed E-state index contributed by atoms with van der Waals surface area (Å²) >= 11 is 0. The van der Waals surface area contributed by atoms with Gasteiger partial charge in [0, 0.05) is 60.4 Å². The van der Waals surface area contributed by atoms with E-state index < -0.39 is 0 Å². The molecule has 266 valence electrons. The topological polar surface area (TPSA) is 48.8 Å². The Bertz CT molecular complexity index is 3450. The van der Waals surface area contributed by atoms with E-state index in [1.165, 1.54) is 38.1 Å². The van der Waals surface area contributed by atoms with Gasteiger partial charge in [-0.25, -0.2) is 9.97 Å². The van der Waals surface area contributed by atoms with Crippen LogP contribution in [0.3, 0.4) is 0 Å². The lowest BCUT2D eigenvalue weighted by atomic mass is 10.0. The van der Waals surface area contributed by atoms with Crippen molar-refractivity contribution >= 4 is 65.6 Å². The van der Waals surface area contributed by atoms with Gasteiger partial charge in [-0.15, -0.1) is 0 Å². The molecule has 8 aromatic carbocycles. The van der Waals surface area contributed by atoms with E-state index in [1.807, 2.05) is 36.4 Å². The van der Waals surface area contributed by atoms with Crippen molar-refractivity contribution in [3.8, 4) is 45.3 Å². The zero-order valence-electron chi connectivity index (χ0n) is 30.7. The van der Waals surface area contributed by atoms with Crippen LogP contribution in [0.15, 0.2) is 199 Å². The van der Waals surface area contributed by atoms with E-state index >= 15 is 0 Å². The fourth-order valence-corrected chi connectivity index (χ4v) is 8.75. The Morgan fingerprint density at radius 3 is 1.54 bits per heavy atom. The average Bonchev–Trinajstić information content (AvgIpc) is 3.94. The molecule has 12 aromatic rings. The number of furan rings is 1. The van der Waals surface area contributed by atoms with Crippen LogP contribution in [0.5, 0.6) is 0 Å². The summed E-state index contributed by atoms with van der Waals surface area (Å²) in [5, 5.41) is 7.01. The molecule has 0 aliphatic carbocycles. The maximum absolute atomic E-state index is 6.62. The number of para-hydroxylation sites is 3. The zero-order chi connectivity index (χ0) is 37.5. The summed E-state index contributed by atoms with van der Waals surface area (Å²) in [6.07, 6.45) is 0. The minimum absolute atomic E-state index is 0.688. The third kappa shape index (κ3) is 4.89. The van der Waals surface area contributed by atoms with Crippen molar-refractivity contribution in [3.63, 3.8) is 0 Å². The van der Waals surface area contributed by atoms with Gasteiger partial charge < -0.3 is 13.6 Å². The van der Waals surface area contributed by atoms with E-state index in [0.29, 0.717) is 5.82 Å². The quantitative estimate of drug-likeness (QED) is 0.177. The highest BCUT2D eigenvalue weighted by molar-refractivity contribution is 6.24. The lowest BCUT2D eigenvalue weighted by Gasteiger charge is -2.12. The van der Waals surface area contributed by atoms with Gasteiger partial charge in [-0.2, -0.15) is 0 Å². The van der Waals surface area contributed by atoms with Crippen molar-refractivity contribution in [3.05, 3.63) is 194 Å². The number of benzene rings is 8. The monoisotopic (exact) mass is 728 g/mol. The molecule has 0 spiro atoms. The Morgan fingerprint density at radius 1 is 0.333 bits per heavy atom. The third-order valence-corrected chi connectivity index (χ3v) is 11.3. The third-order valence-electron chi connectivity index (χ3n) is 11.3. The number of fused-ring (bicyclic) bond motifs is 10. The Hall–Kier alpha value is -7.76. The largest absolute Gasteiger partial charge is 0.456 e. The molecule has 57 heavy (non-hydrogen) atoms. The highest BCUT2D eigenvalue weighted by Crippen LogP contribution is 2.43. The molecule has 0 aliphatic rings. The molecule has 0 saturated heterocycles. The van der Waals surface area contributed by atoms with Crippen molar-refractivity contribution in [1.82, 2.24) is 19.1 Å². The Balaban J connectivity index is 1.07. The van der Waals surface area contributed by atoms with E-state index in [2.05, 4.69) is 167 Å². The molecule has 5 nitrogen and oxygen atoms in total. The second-order valence-corrected chi connectivity index (χ2v) is 14.6. The van der Waals surface area contributed by atoms with Gasteiger partial charge in [0.05, 0.1) is 33.5 Å². The maximum atomic E-state index is 6.62. The molecule has 4 aromatic heterocycles. The Labute approximate surface area is 327 Å². The van der Waals surface area contributed by atoms with E-state index in [-0.39, 0.29) is 0 Å².